The SMILES string of the molecule is COc1ccc(S(=O)(=O)N2C[C@@H](C(=O)Nc3nnc(SCc4ccccc4)s3)Oc3ccc(C)cc32)cc1. The topological polar surface area (TPSA) is 111 Å². The molecule has 1 aliphatic rings. The van der Waals surface area contributed by atoms with Gasteiger partial charge in [0.1, 0.15) is 11.5 Å². The molecule has 0 fully saturated rings. The zero-order valence-electron chi connectivity index (χ0n) is 20.5. The Morgan fingerprint density at radius 2 is 1.89 bits per heavy atom. The highest BCUT2D eigenvalue weighted by Gasteiger charge is 2.38. The fourth-order valence-corrected chi connectivity index (χ4v) is 7.00. The minimum atomic E-state index is -4.00. The van der Waals surface area contributed by atoms with E-state index in [2.05, 4.69) is 15.5 Å². The van der Waals surface area contributed by atoms with Crippen molar-refractivity contribution in [3.63, 3.8) is 0 Å². The van der Waals surface area contributed by atoms with Crippen molar-refractivity contribution in [3.8, 4) is 11.5 Å². The molecule has 5 rings (SSSR count). The molecule has 12 heteroatoms. The molecule has 1 atom stereocenters. The second-order valence-corrected chi connectivity index (χ2v) is 12.5. The lowest BCUT2D eigenvalue weighted by molar-refractivity contribution is -0.122. The number of benzene rings is 3. The predicted octanol–water partition coefficient (Wildman–Crippen LogP) is 4.74. The second kappa shape index (κ2) is 11.0. The molecule has 9 nitrogen and oxygen atoms in total. The third-order valence-electron chi connectivity index (χ3n) is 5.77. The fraction of sp³-hybridized carbons (Fsp3) is 0.192. The number of methoxy groups -OCH3 is 1. The van der Waals surface area contributed by atoms with Crippen LogP contribution in [0.4, 0.5) is 10.8 Å². The third-order valence-corrected chi connectivity index (χ3v) is 9.60. The molecule has 4 aromatic rings. The van der Waals surface area contributed by atoms with E-state index < -0.39 is 22.0 Å². The van der Waals surface area contributed by atoms with E-state index in [1.54, 1.807) is 30.3 Å². The molecule has 38 heavy (non-hydrogen) atoms. The molecular weight excluding hydrogens is 545 g/mol. The zero-order chi connectivity index (χ0) is 26.7. The van der Waals surface area contributed by atoms with Gasteiger partial charge in [0.15, 0.2) is 10.4 Å². The minimum absolute atomic E-state index is 0.0796. The molecule has 0 spiro atoms. The van der Waals surface area contributed by atoms with Crippen LogP contribution < -0.4 is 19.1 Å². The largest absolute Gasteiger partial charge is 0.497 e. The number of thioether (sulfide) groups is 1. The minimum Gasteiger partial charge on any atom is -0.497 e. The number of carbonyl (C=O) groups is 1. The second-order valence-electron chi connectivity index (χ2n) is 8.43. The monoisotopic (exact) mass is 568 g/mol. The molecule has 3 aromatic carbocycles. The highest BCUT2D eigenvalue weighted by Crippen LogP contribution is 2.38. The Kier molecular flexibility index (Phi) is 7.54. The van der Waals surface area contributed by atoms with Crippen molar-refractivity contribution in [2.24, 2.45) is 0 Å². The summed E-state index contributed by atoms with van der Waals surface area (Å²) in [5.74, 6) is 1.05. The Balaban J connectivity index is 1.34. The van der Waals surface area contributed by atoms with Crippen LogP contribution in [-0.4, -0.2) is 44.3 Å². The Morgan fingerprint density at radius 1 is 1.13 bits per heavy atom. The first-order valence-corrected chi connectivity index (χ1v) is 14.8. The number of fused-ring (bicyclic) bond motifs is 1. The van der Waals surface area contributed by atoms with Gasteiger partial charge < -0.3 is 9.47 Å². The zero-order valence-corrected chi connectivity index (χ0v) is 23.0. The number of carbonyl (C=O) groups excluding carboxylic acids is 1. The van der Waals surface area contributed by atoms with Crippen molar-refractivity contribution < 1.29 is 22.7 Å². The molecule has 0 saturated heterocycles. The van der Waals surface area contributed by atoms with Crippen LogP contribution >= 0.6 is 23.1 Å². The fourth-order valence-electron chi connectivity index (χ4n) is 3.82. The lowest BCUT2D eigenvalue weighted by Crippen LogP contribution is -2.48. The number of nitrogens with one attached hydrogen (secondary N) is 1. The van der Waals surface area contributed by atoms with E-state index in [0.29, 0.717) is 26.7 Å². The molecular formula is C26H24N4O5S3. The summed E-state index contributed by atoms with van der Waals surface area (Å²) in [6, 6.07) is 21.3. The lowest BCUT2D eigenvalue weighted by atomic mass is 10.1. The molecule has 196 valence electrons. The predicted molar refractivity (Wildman–Crippen MR) is 148 cm³/mol. The van der Waals surface area contributed by atoms with Crippen LogP contribution in [0.2, 0.25) is 0 Å². The highest BCUT2D eigenvalue weighted by molar-refractivity contribution is 8.00. The van der Waals surface area contributed by atoms with E-state index >= 15 is 0 Å². The van der Waals surface area contributed by atoms with E-state index in [1.165, 1.54) is 46.6 Å². The highest BCUT2D eigenvalue weighted by atomic mass is 32.2. The lowest BCUT2D eigenvalue weighted by Gasteiger charge is -2.34. The van der Waals surface area contributed by atoms with Crippen LogP contribution in [0.15, 0.2) is 82.0 Å². The van der Waals surface area contributed by atoms with Crippen molar-refractivity contribution in [1.29, 1.82) is 0 Å². The summed E-state index contributed by atoms with van der Waals surface area (Å²) in [5.41, 5.74) is 2.39. The first-order valence-electron chi connectivity index (χ1n) is 11.6. The van der Waals surface area contributed by atoms with Gasteiger partial charge in [0.2, 0.25) is 5.13 Å². The van der Waals surface area contributed by atoms with E-state index in [0.717, 1.165) is 16.9 Å². The van der Waals surface area contributed by atoms with Crippen LogP contribution in [0.3, 0.4) is 0 Å². The molecule has 2 heterocycles. The maximum atomic E-state index is 13.7. The van der Waals surface area contributed by atoms with Crippen LogP contribution in [0.1, 0.15) is 11.1 Å². The number of rotatable bonds is 8. The van der Waals surface area contributed by atoms with E-state index in [4.69, 9.17) is 9.47 Å². The van der Waals surface area contributed by atoms with Crippen molar-refractivity contribution in [2.75, 3.05) is 23.3 Å². The summed E-state index contributed by atoms with van der Waals surface area (Å²) >= 11 is 2.77. The van der Waals surface area contributed by atoms with Crippen molar-refractivity contribution in [1.82, 2.24) is 10.2 Å². The van der Waals surface area contributed by atoms with Crippen molar-refractivity contribution in [2.45, 2.75) is 28.0 Å². The Morgan fingerprint density at radius 3 is 2.63 bits per heavy atom. The van der Waals surface area contributed by atoms with Gasteiger partial charge >= 0.3 is 0 Å². The maximum Gasteiger partial charge on any atom is 0.269 e. The smallest absolute Gasteiger partial charge is 0.269 e. The molecule has 0 unspecified atom stereocenters. The van der Waals surface area contributed by atoms with Gasteiger partial charge in [-0.05, 0) is 54.4 Å². The molecule has 1 N–H and O–H groups in total. The van der Waals surface area contributed by atoms with Crippen LogP contribution in [0, 0.1) is 6.92 Å². The van der Waals surface area contributed by atoms with Gasteiger partial charge in [-0.15, -0.1) is 10.2 Å². The quantitative estimate of drug-likeness (QED) is 0.240. The maximum absolute atomic E-state index is 13.7. The standard InChI is InChI=1S/C26H24N4O5S3/c1-17-8-13-22-21(14-17)30(38(32,33)20-11-9-19(34-2)10-12-20)15-23(35-22)24(31)27-25-28-29-26(37-25)36-16-18-6-4-3-5-7-18/h3-14,23H,15-16H2,1-2H3,(H,27,28,31)/t23-/m0/s1. The first kappa shape index (κ1) is 26.0. The molecule has 0 saturated carbocycles. The number of amides is 1. The summed E-state index contributed by atoms with van der Waals surface area (Å²) < 4.78 is 40.3. The summed E-state index contributed by atoms with van der Waals surface area (Å²) in [7, 11) is -2.49. The molecule has 1 aliphatic heterocycles. The Bertz CT molecular complexity index is 1540. The number of hydrogen-bond donors (Lipinski definition) is 1. The summed E-state index contributed by atoms with van der Waals surface area (Å²) in [4.78, 5) is 13.3. The summed E-state index contributed by atoms with van der Waals surface area (Å²) in [6.45, 7) is 1.66. The number of aryl methyl sites for hydroxylation is 1. The summed E-state index contributed by atoms with van der Waals surface area (Å²) in [5, 5.41) is 11.3. The van der Waals surface area contributed by atoms with Gasteiger partial charge in [0.25, 0.3) is 15.9 Å². The average Bonchev–Trinajstić information content (AvgIpc) is 3.39. The number of nitrogens with zero attached hydrogens (tertiary/aromatic N) is 3. The van der Waals surface area contributed by atoms with Crippen LogP contribution in [0.5, 0.6) is 11.5 Å². The molecule has 1 aromatic heterocycles. The van der Waals surface area contributed by atoms with Crippen LogP contribution in [-0.2, 0) is 20.6 Å². The van der Waals surface area contributed by atoms with Gasteiger partial charge in [-0.1, -0.05) is 59.5 Å². The number of aromatic nitrogens is 2. The molecule has 0 radical (unpaired) electrons. The molecule has 1 amide bonds. The third kappa shape index (κ3) is 5.62. The first-order chi connectivity index (χ1) is 18.3. The molecule has 0 aliphatic carbocycles. The normalized spacial score (nSPS) is 14.9. The van der Waals surface area contributed by atoms with E-state index in [1.807, 2.05) is 37.3 Å². The Hall–Kier alpha value is -3.61. The van der Waals surface area contributed by atoms with Gasteiger partial charge in [0, 0.05) is 5.75 Å². The Labute approximate surface area is 228 Å². The van der Waals surface area contributed by atoms with Gasteiger partial charge in [0.05, 0.1) is 24.2 Å². The van der Waals surface area contributed by atoms with Crippen molar-refractivity contribution >= 4 is 49.8 Å². The van der Waals surface area contributed by atoms with Crippen LogP contribution in [0.25, 0.3) is 0 Å². The average molecular weight is 569 g/mol. The van der Waals surface area contributed by atoms with Gasteiger partial charge in [-0.25, -0.2) is 8.42 Å². The number of anilines is 2. The number of sulfonamides is 1. The van der Waals surface area contributed by atoms with E-state index in [9.17, 15) is 13.2 Å². The van der Waals surface area contributed by atoms with E-state index in [-0.39, 0.29) is 11.4 Å². The molecule has 0 bridgehead atoms. The van der Waals surface area contributed by atoms with Gasteiger partial charge in [-0.2, -0.15) is 0 Å². The number of hydrogen-bond acceptors (Lipinski definition) is 9. The van der Waals surface area contributed by atoms with Crippen molar-refractivity contribution in [3.05, 3.63) is 83.9 Å². The van der Waals surface area contributed by atoms with Gasteiger partial charge in [-0.3, -0.25) is 14.4 Å². The summed E-state index contributed by atoms with van der Waals surface area (Å²) in [6.07, 6.45) is -1.09. The number of ether oxygens (including phenoxy) is 2.